The lowest BCUT2D eigenvalue weighted by molar-refractivity contribution is -0.385. The summed E-state index contributed by atoms with van der Waals surface area (Å²) in [5, 5.41) is 16.4. The molecule has 0 atom stereocenters. The van der Waals surface area contributed by atoms with Gasteiger partial charge in [-0.25, -0.2) is 4.98 Å². The van der Waals surface area contributed by atoms with Gasteiger partial charge in [-0.1, -0.05) is 0 Å². The molecule has 0 radical (unpaired) electrons. The Balaban J connectivity index is 2.26. The van der Waals surface area contributed by atoms with E-state index in [9.17, 15) is 14.9 Å². The van der Waals surface area contributed by atoms with E-state index in [1.54, 1.807) is 7.05 Å². The number of nitrogens with one attached hydrogen (secondary N) is 2. The first-order chi connectivity index (χ1) is 8.61. The van der Waals surface area contributed by atoms with Gasteiger partial charge in [0.05, 0.1) is 4.92 Å². The van der Waals surface area contributed by atoms with Crippen LogP contribution in [0.2, 0.25) is 0 Å². The molecule has 18 heavy (non-hydrogen) atoms. The highest BCUT2D eigenvalue weighted by Gasteiger charge is 2.25. The zero-order chi connectivity index (χ0) is 13.1. The zero-order valence-corrected chi connectivity index (χ0v) is 9.97. The van der Waals surface area contributed by atoms with E-state index in [0.29, 0.717) is 5.82 Å². The highest BCUT2D eigenvalue weighted by Crippen LogP contribution is 2.23. The van der Waals surface area contributed by atoms with E-state index >= 15 is 0 Å². The summed E-state index contributed by atoms with van der Waals surface area (Å²) in [7, 11) is 1.64. The molecule has 0 aliphatic heterocycles. The van der Waals surface area contributed by atoms with Crippen molar-refractivity contribution in [2.24, 2.45) is 0 Å². The van der Waals surface area contributed by atoms with Crippen LogP contribution in [0, 0.1) is 10.1 Å². The summed E-state index contributed by atoms with van der Waals surface area (Å²) in [4.78, 5) is 26.1. The minimum Gasteiger partial charge on any atom is -0.373 e. The normalized spacial score (nSPS) is 14.7. The molecule has 2 rings (SSSR count). The van der Waals surface area contributed by atoms with Gasteiger partial charge in [-0.3, -0.25) is 14.9 Å². The highest BCUT2D eigenvalue weighted by molar-refractivity contribution is 5.98. The van der Waals surface area contributed by atoms with Crippen molar-refractivity contribution in [3.8, 4) is 0 Å². The van der Waals surface area contributed by atoms with Crippen molar-refractivity contribution >= 4 is 17.4 Å². The largest absolute Gasteiger partial charge is 0.373 e. The van der Waals surface area contributed by atoms with Gasteiger partial charge in [0, 0.05) is 19.2 Å². The van der Waals surface area contributed by atoms with Crippen LogP contribution in [0.4, 0.5) is 11.5 Å². The van der Waals surface area contributed by atoms with Crippen molar-refractivity contribution in [1.82, 2.24) is 10.3 Å². The number of pyridine rings is 1. The van der Waals surface area contributed by atoms with E-state index in [1.807, 2.05) is 0 Å². The van der Waals surface area contributed by atoms with Crippen LogP contribution in [0.25, 0.3) is 0 Å². The van der Waals surface area contributed by atoms with E-state index in [-0.39, 0.29) is 17.3 Å². The fourth-order valence-electron chi connectivity index (χ4n) is 1.73. The maximum atomic E-state index is 12.0. The van der Waals surface area contributed by atoms with Gasteiger partial charge in [0.1, 0.15) is 17.6 Å². The second kappa shape index (κ2) is 4.99. The molecule has 0 spiro atoms. The standard InChI is InChI=1S/C11H14N4O3/c1-12-10-5-8(9(6-13-10)15(17)18)11(16)14-7-3-2-4-7/h5-7H,2-4H2,1H3,(H,12,13)(H,14,16). The van der Waals surface area contributed by atoms with Gasteiger partial charge >= 0.3 is 0 Å². The number of anilines is 1. The number of aromatic nitrogens is 1. The van der Waals surface area contributed by atoms with Crippen molar-refractivity contribution in [1.29, 1.82) is 0 Å². The summed E-state index contributed by atoms with van der Waals surface area (Å²) in [6.45, 7) is 0. The summed E-state index contributed by atoms with van der Waals surface area (Å²) in [5.74, 6) is 0.0182. The van der Waals surface area contributed by atoms with Crippen molar-refractivity contribution < 1.29 is 9.72 Å². The van der Waals surface area contributed by atoms with Crippen molar-refractivity contribution in [2.75, 3.05) is 12.4 Å². The number of nitrogens with zero attached hydrogens (tertiary/aromatic N) is 2. The van der Waals surface area contributed by atoms with Crippen LogP contribution >= 0.6 is 0 Å². The van der Waals surface area contributed by atoms with Crippen LogP contribution in [0.3, 0.4) is 0 Å². The highest BCUT2D eigenvalue weighted by atomic mass is 16.6. The summed E-state index contributed by atoms with van der Waals surface area (Å²) in [5.41, 5.74) is -0.225. The maximum absolute atomic E-state index is 12.0. The minimum atomic E-state index is -0.595. The number of hydrogen-bond donors (Lipinski definition) is 2. The summed E-state index contributed by atoms with van der Waals surface area (Å²) < 4.78 is 0. The minimum absolute atomic E-state index is 0.0475. The maximum Gasteiger partial charge on any atom is 0.300 e. The summed E-state index contributed by atoms with van der Waals surface area (Å²) in [6.07, 6.45) is 4.06. The predicted molar refractivity (Wildman–Crippen MR) is 65.5 cm³/mol. The van der Waals surface area contributed by atoms with E-state index in [0.717, 1.165) is 25.5 Å². The van der Waals surface area contributed by atoms with Gasteiger partial charge in [-0.15, -0.1) is 0 Å². The molecule has 0 bridgehead atoms. The predicted octanol–water partition coefficient (Wildman–Crippen LogP) is 1.31. The lowest BCUT2D eigenvalue weighted by Gasteiger charge is -2.26. The van der Waals surface area contributed by atoms with Gasteiger partial charge in [-0.05, 0) is 19.3 Å². The molecule has 1 saturated carbocycles. The van der Waals surface area contributed by atoms with Gasteiger partial charge in [-0.2, -0.15) is 0 Å². The first kappa shape index (κ1) is 12.3. The van der Waals surface area contributed by atoms with Crippen LogP contribution in [-0.2, 0) is 0 Å². The third-order valence-corrected chi connectivity index (χ3v) is 3.02. The molecule has 1 heterocycles. The quantitative estimate of drug-likeness (QED) is 0.620. The topological polar surface area (TPSA) is 97.2 Å². The lowest BCUT2D eigenvalue weighted by atomic mass is 9.93. The summed E-state index contributed by atoms with van der Waals surface area (Å²) in [6, 6.07) is 1.54. The van der Waals surface area contributed by atoms with Gasteiger partial charge in [0.15, 0.2) is 0 Å². The average molecular weight is 250 g/mol. The van der Waals surface area contributed by atoms with Crippen LogP contribution in [0.1, 0.15) is 29.6 Å². The zero-order valence-electron chi connectivity index (χ0n) is 9.97. The molecule has 1 aromatic heterocycles. The fourth-order valence-corrected chi connectivity index (χ4v) is 1.73. The third kappa shape index (κ3) is 2.39. The monoisotopic (exact) mass is 250 g/mol. The van der Waals surface area contributed by atoms with Crippen LogP contribution in [0.15, 0.2) is 12.3 Å². The molecule has 0 saturated heterocycles. The first-order valence-corrected chi connectivity index (χ1v) is 5.75. The molecule has 0 unspecified atom stereocenters. The lowest BCUT2D eigenvalue weighted by Crippen LogP contribution is -2.39. The number of amides is 1. The Morgan fingerprint density at radius 3 is 2.78 bits per heavy atom. The SMILES string of the molecule is CNc1cc(C(=O)NC2CCC2)c([N+](=O)[O-])cn1. The van der Waals surface area contributed by atoms with E-state index in [4.69, 9.17) is 0 Å². The van der Waals surface area contributed by atoms with Gasteiger partial charge < -0.3 is 10.6 Å². The first-order valence-electron chi connectivity index (χ1n) is 5.75. The number of hydrogen-bond acceptors (Lipinski definition) is 5. The van der Waals surface area contributed by atoms with E-state index in [2.05, 4.69) is 15.6 Å². The van der Waals surface area contributed by atoms with Crippen molar-refractivity contribution in [2.45, 2.75) is 25.3 Å². The average Bonchev–Trinajstić information content (AvgIpc) is 2.32. The van der Waals surface area contributed by atoms with Crippen molar-refractivity contribution in [3.05, 3.63) is 27.9 Å². The second-order valence-corrected chi connectivity index (χ2v) is 4.20. The number of carbonyl (C=O) groups is 1. The molecule has 1 aliphatic carbocycles. The fraction of sp³-hybridized carbons (Fsp3) is 0.455. The molecule has 96 valence electrons. The molecular formula is C11H14N4O3. The van der Waals surface area contributed by atoms with Gasteiger partial charge in [0.25, 0.3) is 11.6 Å². The molecular weight excluding hydrogens is 236 g/mol. The molecule has 1 fully saturated rings. The Hall–Kier alpha value is -2.18. The van der Waals surface area contributed by atoms with Crippen LogP contribution in [0.5, 0.6) is 0 Å². The molecule has 2 N–H and O–H groups in total. The molecule has 7 nitrogen and oxygen atoms in total. The summed E-state index contributed by atoms with van der Waals surface area (Å²) >= 11 is 0. The van der Waals surface area contributed by atoms with Crippen LogP contribution < -0.4 is 10.6 Å². The smallest absolute Gasteiger partial charge is 0.300 e. The van der Waals surface area contributed by atoms with E-state index < -0.39 is 10.8 Å². The Morgan fingerprint density at radius 2 is 2.28 bits per heavy atom. The Morgan fingerprint density at radius 1 is 1.56 bits per heavy atom. The van der Waals surface area contributed by atoms with Crippen LogP contribution in [-0.4, -0.2) is 28.9 Å². The Bertz CT molecular complexity index is 485. The number of carbonyl (C=O) groups excluding carboxylic acids is 1. The van der Waals surface area contributed by atoms with Crippen molar-refractivity contribution in [3.63, 3.8) is 0 Å². The van der Waals surface area contributed by atoms with Gasteiger partial charge in [0.2, 0.25) is 0 Å². The molecule has 1 aromatic rings. The number of rotatable bonds is 4. The molecule has 7 heteroatoms. The number of nitro groups is 1. The molecule has 1 aliphatic rings. The Kier molecular flexibility index (Phi) is 3.40. The molecule has 1 amide bonds. The third-order valence-electron chi connectivity index (χ3n) is 3.02. The second-order valence-electron chi connectivity index (χ2n) is 4.20. The van der Waals surface area contributed by atoms with E-state index in [1.165, 1.54) is 6.07 Å². The Labute approximate surface area is 104 Å². The molecule has 0 aromatic carbocycles.